The van der Waals surface area contributed by atoms with Gasteiger partial charge in [-0.1, -0.05) is 12.1 Å². The van der Waals surface area contributed by atoms with Gasteiger partial charge in [-0.25, -0.2) is 0 Å². The van der Waals surface area contributed by atoms with Crippen LogP contribution in [0.4, 0.5) is 0 Å². The first-order chi connectivity index (χ1) is 6.42. The van der Waals surface area contributed by atoms with Gasteiger partial charge in [0.2, 0.25) is 0 Å². The molecule has 0 spiro atoms. The summed E-state index contributed by atoms with van der Waals surface area (Å²) in [7, 11) is 0. The van der Waals surface area contributed by atoms with Crippen LogP contribution in [0.5, 0.6) is 5.75 Å². The molecule has 0 amide bonds. The van der Waals surface area contributed by atoms with Crippen molar-refractivity contribution in [3.63, 3.8) is 0 Å². The van der Waals surface area contributed by atoms with Crippen LogP contribution in [0.2, 0.25) is 0 Å². The Morgan fingerprint density at radius 2 is 2.23 bits per heavy atom. The Kier molecular flexibility index (Phi) is 2.45. The number of pyridine rings is 1. The zero-order valence-corrected chi connectivity index (χ0v) is 8.49. The fourth-order valence-corrected chi connectivity index (χ4v) is 1.52. The van der Waals surface area contributed by atoms with E-state index in [0.717, 1.165) is 16.5 Å². The fraction of sp³-hybridized carbons (Fsp3) is 0.100. The summed E-state index contributed by atoms with van der Waals surface area (Å²) in [6, 6.07) is 7.92. The van der Waals surface area contributed by atoms with E-state index >= 15 is 0 Å². The van der Waals surface area contributed by atoms with Gasteiger partial charge in [0, 0.05) is 17.8 Å². The van der Waals surface area contributed by atoms with Crippen molar-refractivity contribution in [2.45, 2.75) is 0 Å². The monoisotopic (exact) mass is 237 g/mol. The molecule has 2 rings (SSSR count). The van der Waals surface area contributed by atoms with E-state index in [2.05, 4.69) is 20.9 Å². The van der Waals surface area contributed by atoms with Crippen molar-refractivity contribution in [1.82, 2.24) is 4.98 Å². The SMILES string of the molecule is BrCOc1cccc2ccncc12. The standard InChI is InChI=1S/C10H8BrNO/c11-7-13-10-3-1-2-8-4-5-12-6-9(8)10/h1-6H,7H2. The molecule has 66 valence electrons. The highest BCUT2D eigenvalue weighted by molar-refractivity contribution is 9.09. The molecule has 0 saturated carbocycles. The summed E-state index contributed by atoms with van der Waals surface area (Å²) in [6.07, 6.45) is 3.59. The van der Waals surface area contributed by atoms with E-state index in [4.69, 9.17) is 4.74 Å². The summed E-state index contributed by atoms with van der Waals surface area (Å²) < 4.78 is 5.40. The minimum Gasteiger partial charge on any atom is -0.482 e. The van der Waals surface area contributed by atoms with Crippen LogP contribution in [-0.2, 0) is 0 Å². The Balaban J connectivity index is 2.61. The minimum atomic E-state index is 0.501. The van der Waals surface area contributed by atoms with Crippen LogP contribution >= 0.6 is 15.9 Å². The predicted octanol–water partition coefficient (Wildman–Crippen LogP) is 2.97. The lowest BCUT2D eigenvalue weighted by atomic mass is 10.2. The molecule has 3 heteroatoms. The van der Waals surface area contributed by atoms with Crippen molar-refractivity contribution >= 4 is 26.7 Å². The van der Waals surface area contributed by atoms with Gasteiger partial charge in [-0.2, -0.15) is 0 Å². The second-order valence-electron chi connectivity index (χ2n) is 2.61. The summed E-state index contributed by atoms with van der Waals surface area (Å²) in [5, 5.41) is 2.19. The number of fused-ring (bicyclic) bond motifs is 1. The first-order valence-electron chi connectivity index (χ1n) is 3.93. The van der Waals surface area contributed by atoms with E-state index in [1.165, 1.54) is 0 Å². The highest BCUT2D eigenvalue weighted by Crippen LogP contribution is 2.24. The van der Waals surface area contributed by atoms with Crippen LogP contribution in [0.25, 0.3) is 10.8 Å². The summed E-state index contributed by atoms with van der Waals surface area (Å²) in [5.41, 5.74) is 0.501. The number of rotatable bonds is 2. The third-order valence-corrected chi connectivity index (χ3v) is 2.08. The Morgan fingerprint density at radius 1 is 1.31 bits per heavy atom. The number of benzene rings is 1. The smallest absolute Gasteiger partial charge is 0.143 e. The summed E-state index contributed by atoms with van der Waals surface area (Å²) >= 11 is 3.23. The average Bonchev–Trinajstić information content (AvgIpc) is 2.19. The number of hydrogen-bond donors (Lipinski definition) is 0. The lowest BCUT2D eigenvalue weighted by Gasteiger charge is -2.04. The first-order valence-corrected chi connectivity index (χ1v) is 5.05. The lowest BCUT2D eigenvalue weighted by Crippen LogP contribution is -1.89. The number of hydrogen-bond acceptors (Lipinski definition) is 2. The largest absolute Gasteiger partial charge is 0.482 e. The maximum Gasteiger partial charge on any atom is 0.143 e. The topological polar surface area (TPSA) is 22.1 Å². The molecule has 0 aliphatic heterocycles. The van der Waals surface area contributed by atoms with Crippen LogP contribution < -0.4 is 4.74 Å². The van der Waals surface area contributed by atoms with Crippen LogP contribution in [0.3, 0.4) is 0 Å². The normalized spacial score (nSPS) is 10.2. The molecule has 0 aliphatic rings. The van der Waals surface area contributed by atoms with E-state index in [1.54, 1.807) is 6.20 Å². The number of alkyl halides is 1. The number of aromatic nitrogens is 1. The highest BCUT2D eigenvalue weighted by atomic mass is 79.9. The second-order valence-corrected chi connectivity index (χ2v) is 3.06. The average molecular weight is 238 g/mol. The van der Waals surface area contributed by atoms with Crippen molar-refractivity contribution in [3.8, 4) is 5.75 Å². The predicted molar refractivity (Wildman–Crippen MR) is 56.2 cm³/mol. The summed E-state index contributed by atoms with van der Waals surface area (Å²) in [6.45, 7) is 0. The van der Waals surface area contributed by atoms with Crippen LogP contribution in [-0.4, -0.2) is 10.5 Å². The molecule has 1 heterocycles. The van der Waals surface area contributed by atoms with E-state index in [-0.39, 0.29) is 0 Å². The highest BCUT2D eigenvalue weighted by Gasteiger charge is 1.99. The van der Waals surface area contributed by atoms with E-state index < -0.39 is 0 Å². The summed E-state index contributed by atoms with van der Waals surface area (Å²) in [4.78, 5) is 4.06. The number of halogens is 1. The molecule has 0 bridgehead atoms. The van der Waals surface area contributed by atoms with E-state index in [1.807, 2.05) is 30.5 Å². The van der Waals surface area contributed by atoms with Crippen molar-refractivity contribution in [3.05, 3.63) is 36.7 Å². The van der Waals surface area contributed by atoms with Gasteiger partial charge < -0.3 is 4.74 Å². The molecule has 13 heavy (non-hydrogen) atoms. The van der Waals surface area contributed by atoms with Crippen LogP contribution in [0.15, 0.2) is 36.7 Å². The lowest BCUT2D eigenvalue weighted by molar-refractivity contribution is 0.403. The van der Waals surface area contributed by atoms with Crippen molar-refractivity contribution in [2.75, 3.05) is 5.52 Å². The molecule has 0 aliphatic carbocycles. The Morgan fingerprint density at radius 3 is 3.08 bits per heavy atom. The maximum atomic E-state index is 5.40. The molecule has 1 aromatic heterocycles. The fourth-order valence-electron chi connectivity index (χ4n) is 1.27. The van der Waals surface area contributed by atoms with Gasteiger partial charge in [0.15, 0.2) is 0 Å². The molecular formula is C10H8BrNO. The van der Waals surface area contributed by atoms with Gasteiger partial charge in [0.25, 0.3) is 0 Å². The third kappa shape index (κ3) is 1.65. The van der Waals surface area contributed by atoms with Crippen LogP contribution in [0, 0.1) is 0 Å². The molecule has 0 atom stereocenters. The van der Waals surface area contributed by atoms with Crippen molar-refractivity contribution < 1.29 is 4.74 Å². The molecule has 0 unspecified atom stereocenters. The van der Waals surface area contributed by atoms with Gasteiger partial charge in [-0.3, -0.25) is 4.98 Å². The molecule has 2 aromatic rings. The zero-order valence-electron chi connectivity index (χ0n) is 6.90. The molecule has 0 N–H and O–H groups in total. The number of ether oxygens (including phenoxy) is 1. The van der Waals surface area contributed by atoms with Crippen molar-refractivity contribution in [1.29, 1.82) is 0 Å². The van der Waals surface area contributed by atoms with Gasteiger partial charge in [-0.15, -0.1) is 0 Å². The zero-order chi connectivity index (χ0) is 9.10. The quantitative estimate of drug-likeness (QED) is 0.750. The molecule has 2 nitrogen and oxygen atoms in total. The minimum absolute atomic E-state index is 0.501. The van der Waals surface area contributed by atoms with Gasteiger partial charge >= 0.3 is 0 Å². The third-order valence-electron chi connectivity index (χ3n) is 1.85. The van der Waals surface area contributed by atoms with E-state index in [0.29, 0.717) is 5.52 Å². The maximum absolute atomic E-state index is 5.40. The Labute approximate surface area is 84.7 Å². The van der Waals surface area contributed by atoms with Gasteiger partial charge in [-0.05, 0) is 33.4 Å². The van der Waals surface area contributed by atoms with Gasteiger partial charge in [0.1, 0.15) is 11.3 Å². The first kappa shape index (κ1) is 8.51. The van der Waals surface area contributed by atoms with Crippen molar-refractivity contribution in [2.24, 2.45) is 0 Å². The molecule has 1 aromatic carbocycles. The number of nitrogens with zero attached hydrogens (tertiary/aromatic N) is 1. The molecule has 0 fully saturated rings. The Hall–Kier alpha value is -1.09. The molecule has 0 saturated heterocycles. The van der Waals surface area contributed by atoms with Gasteiger partial charge in [0.05, 0.1) is 0 Å². The van der Waals surface area contributed by atoms with Crippen LogP contribution in [0.1, 0.15) is 0 Å². The Bertz CT molecular complexity index is 411. The van der Waals surface area contributed by atoms with E-state index in [9.17, 15) is 0 Å². The molecule has 0 radical (unpaired) electrons. The second kappa shape index (κ2) is 3.75. The summed E-state index contributed by atoms with van der Waals surface area (Å²) in [5.74, 6) is 0.863. The molecular weight excluding hydrogens is 230 g/mol.